The monoisotopic (exact) mass is 374 g/mol. The van der Waals surface area contributed by atoms with Crippen molar-refractivity contribution in [1.29, 1.82) is 0 Å². The van der Waals surface area contributed by atoms with Gasteiger partial charge in [0, 0.05) is 0 Å². The summed E-state index contributed by atoms with van der Waals surface area (Å²) in [5.41, 5.74) is 5.80. The number of nitrogens with two attached hydrogens (primary N) is 1. The van der Waals surface area contributed by atoms with Crippen molar-refractivity contribution in [2.24, 2.45) is 11.7 Å². The molecule has 0 rings (SSSR count). The first kappa shape index (κ1) is 23.8. The minimum absolute atomic E-state index is 0.0706. The maximum atomic E-state index is 12.2. The number of carbonyl (C=O) groups is 4. The molecule has 150 valence electrons. The van der Waals surface area contributed by atoms with Crippen LogP contribution in [0.5, 0.6) is 0 Å². The van der Waals surface area contributed by atoms with E-state index in [0.717, 1.165) is 0 Å². The van der Waals surface area contributed by atoms with Crippen LogP contribution in [0.3, 0.4) is 0 Å². The number of aliphatic carboxylic acids is 1. The number of hydrogen-bond donors (Lipinski definition) is 6. The predicted octanol–water partition coefficient (Wildman–Crippen LogP) is -1.68. The Kier molecular flexibility index (Phi) is 9.81. The highest BCUT2D eigenvalue weighted by Crippen LogP contribution is 2.05. The molecule has 0 spiro atoms. The lowest BCUT2D eigenvalue weighted by molar-refractivity contribution is -0.142. The van der Waals surface area contributed by atoms with Gasteiger partial charge >= 0.3 is 5.97 Å². The smallest absolute Gasteiger partial charge is 0.325 e. The number of nitrogens with one attached hydrogen (secondary N) is 3. The van der Waals surface area contributed by atoms with Gasteiger partial charge in [-0.05, 0) is 26.7 Å². The van der Waals surface area contributed by atoms with Crippen LogP contribution in [-0.2, 0) is 19.2 Å². The predicted molar refractivity (Wildman–Crippen MR) is 93.9 cm³/mol. The molecule has 0 aliphatic carbocycles. The molecule has 0 aromatic carbocycles. The summed E-state index contributed by atoms with van der Waals surface area (Å²) in [5, 5.41) is 25.4. The summed E-state index contributed by atoms with van der Waals surface area (Å²) in [6, 6.07) is -4.33. The molecule has 10 heteroatoms. The average Bonchev–Trinajstić information content (AvgIpc) is 2.56. The van der Waals surface area contributed by atoms with Crippen LogP contribution in [-0.4, -0.2) is 64.2 Å². The highest BCUT2D eigenvalue weighted by molar-refractivity contribution is 5.94. The standard InChI is InChI=1S/C16H30N4O6/c1-6-7(2)11(17)14(23)18-8(3)13(22)20-12(10(5)21)15(24)19-9(4)16(25)26/h7-12,21H,6,17H2,1-5H3,(H,18,23)(H,19,24)(H,20,22)(H,25,26). The van der Waals surface area contributed by atoms with Crippen LogP contribution in [0.25, 0.3) is 0 Å². The van der Waals surface area contributed by atoms with E-state index in [-0.39, 0.29) is 5.92 Å². The van der Waals surface area contributed by atoms with Crippen molar-refractivity contribution in [2.45, 2.75) is 71.3 Å². The van der Waals surface area contributed by atoms with E-state index in [4.69, 9.17) is 10.8 Å². The van der Waals surface area contributed by atoms with Gasteiger partial charge in [0.05, 0.1) is 12.1 Å². The fourth-order valence-corrected chi connectivity index (χ4v) is 1.94. The fraction of sp³-hybridized carbons (Fsp3) is 0.750. The van der Waals surface area contributed by atoms with Crippen LogP contribution in [0, 0.1) is 5.92 Å². The van der Waals surface area contributed by atoms with Gasteiger partial charge in [-0.2, -0.15) is 0 Å². The Morgan fingerprint density at radius 1 is 0.885 bits per heavy atom. The molecular weight excluding hydrogens is 344 g/mol. The zero-order valence-electron chi connectivity index (χ0n) is 15.8. The molecule has 6 atom stereocenters. The summed E-state index contributed by atoms with van der Waals surface area (Å²) in [6.45, 7) is 7.64. The summed E-state index contributed by atoms with van der Waals surface area (Å²) < 4.78 is 0. The fourth-order valence-electron chi connectivity index (χ4n) is 1.94. The van der Waals surface area contributed by atoms with Gasteiger partial charge in [0.2, 0.25) is 17.7 Å². The Hall–Kier alpha value is -2.20. The number of hydrogen-bond acceptors (Lipinski definition) is 6. The molecule has 0 fully saturated rings. The first-order valence-corrected chi connectivity index (χ1v) is 8.49. The first-order chi connectivity index (χ1) is 11.9. The molecule has 6 unspecified atom stereocenters. The van der Waals surface area contributed by atoms with Crippen LogP contribution in [0.2, 0.25) is 0 Å². The number of carboxylic acid groups (broad SMARTS) is 1. The van der Waals surface area contributed by atoms with E-state index in [2.05, 4.69) is 16.0 Å². The van der Waals surface area contributed by atoms with E-state index in [9.17, 15) is 24.3 Å². The summed E-state index contributed by atoms with van der Waals surface area (Å²) >= 11 is 0. The molecule has 7 N–H and O–H groups in total. The van der Waals surface area contributed by atoms with Gasteiger partial charge in [0.25, 0.3) is 0 Å². The number of carboxylic acids is 1. The van der Waals surface area contributed by atoms with Crippen LogP contribution in [0.15, 0.2) is 0 Å². The van der Waals surface area contributed by atoms with Gasteiger partial charge < -0.3 is 31.9 Å². The van der Waals surface area contributed by atoms with Crippen molar-refractivity contribution in [2.75, 3.05) is 0 Å². The maximum absolute atomic E-state index is 12.2. The lowest BCUT2D eigenvalue weighted by Gasteiger charge is -2.25. The Morgan fingerprint density at radius 3 is 1.81 bits per heavy atom. The molecule has 26 heavy (non-hydrogen) atoms. The molecule has 0 saturated carbocycles. The second-order valence-corrected chi connectivity index (χ2v) is 6.44. The second-order valence-electron chi connectivity index (χ2n) is 6.44. The zero-order chi connectivity index (χ0) is 20.6. The normalized spacial score (nSPS) is 17.8. The molecule has 0 aliphatic heterocycles. The molecule has 0 saturated heterocycles. The Labute approximate surface area is 152 Å². The Bertz CT molecular complexity index is 525. The van der Waals surface area contributed by atoms with Gasteiger partial charge in [-0.3, -0.25) is 19.2 Å². The number of carbonyl (C=O) groups excluding carboxylic acids is 3. The summed E-state index contributed by atoms with van der Waals surface area (Å²) in [5.74, 6) is -3.39. The topological polar surface area (TPSA) is 171 Å². The Morgan fingerprint density at radius 2 is 1.38 bits per heavy atom. The quantitative estimate of drug-likeness (QED) is 0.265. The number of aliphatic hydroxyl groups is 1. The van der Waals surface area contributed by atoms with Crippen LogP contribution in [0.1, 0.15) is 41.0 Å². The third kappa shape index (κ3) is 7.36. The number of rotatable bonds is 10. The molecule has 0 aromatic heterocycles. The third-order valence-electron chi connectivity index (χ3n) is 4.10. The summed E-state index contributed by atoms with van der Waals surface area (Å²) in [7, 11) is 0. The zero-order valence-corrected chi connectivity index (χ0v) is 15.8. The van der Waals surface area contributed by atoms with Crippen molar-refractivity contribution in [1.82, 2.24) is 16.0 Å². The summed E-state index contributed by atoms with van der Waals surface area (Å²) in [4.78, 5) is 47.1. The number of amides is 3. The molecule has 0 aromatic rings. The second kappa shape index (κ2) is 10.7. The van der Waals surface area contributed by atoms with E-state index in [1.165, 1.54) is 20.8 Å². The molecule has 0 radical (unpaired) electrons. The van der Waals surface area contributed by atoms with Crippen LogP contribution >= 0.6 is 0 Å². The first-order valence-electron chi connectivity index (χ1n) is 8.49. The lowest BCUT2D eigenvalue weighted by atomic mass is 9.99. The van der Waals surface area contributed by atoms with Gasteiger partial charge in [0.15, 0.2) is 0 Å². The minimum Gasteiger partial charge on any atom is -0.480 e. The Balaban J connectivity index is 4.87. The van der Waals surface area contributed by atoms with Crippen molar-refractivity contribution < 1.29 is 29.4 Å². The lowest BCUT2D eigenvalue weighted by Crippen LogP contribution is -2.59. The van der Waals surface area contributed by atoms with E-state index in [0.29, 0.717) is 6.42 Å². The molecule has 0 aliphatic rings. The molecule has 0 heterocycles. The van der Waals surface area contributed by atoms with Crippen LogP contribution in [0.4, 0.5) is 0 Å². The highest BCUT2D eigenvalue weighted by atomic mass is 16.4. The third-order valence-corrected chi connectivity index (χ3v) is 4.10. The van der Waals surface area contributed by atoms with Crippen LogP contribution < -0.4 is 21.7 Å². The van der Waals surface area contributed by atoms with Gasteiger partial charge in [-0.15, -0.1) is 0 Å². The van der Waals surface area contributed by atoms with Crippen molar-refractivity contribution in [3.63, 3.8) is 0 Å². The van der Waals surface area contributed by atoms with Gasteiger partial charge in [-0.25, -0.2) is 0 Å². The largest absolute Gasteiger partial charge is 0.480 e. The van der Waals surface area contributed by atoms with Crippen molar-refractivity contribution in [3.8, 4) is 0 Å². The molecular formula is C16H30N4O6. The maximum Gasteiger partial charge on any atom is 0.325 e. The van der Waals surface area contributed by atoms with Gasteiger partial charge in [-0.1, -0.05) is 20.3 Å². The summed E-state index contributed by atoms with van der Waals surface area (Å²) in [6.07, 6.45) is -0.577. The van der Waals surface area contributed by atoms with E-state index in [1.807, 2.05) is 13.8 Å². The van der Waals surface area contributed by atoms with E-state index >= 15 is 0 Å². The molecule has 3 amide bonds. The van der Waals surface area contributed by atoms with E-state index in [1.54, 1.807) is 0 Å². The van der Waals surface area contributed by atoms with Crippen molar-refractivity contribution >= 4 is 23.7 Å². The van der Waals surface area contributed by atoms with Gasteiger partial charge in [0.1, 0.15) is 18.1 Å². The number of aliphatic hydroxyl groups excluding tert-OH is 1. The molecule has 0 bridgehead atoms. The van der Waals surface area contributed by atoms with Crippen molar-refractivity contribution in [3.05, 3.63) is 0 Å². The SMILES string of the molecule is CCC(C)C(N)C(=O)NC(C)C(=O)NC(C(=O)NC(C)C(=O)O)C(C)O. The molecule has 10 nitrogen and oxygen atoms in total. The minimum atomic E-state index is -1.37. The average molecular weight is 374 g/mol. The van der Waals surface area contributed by atoms with E-state index < -0.39 is 54.0 Å². The highest BCUT2D eigenvalue weighted by Gasteiger charge is 2.30.